The maximum absolute atomic E-state index is 12.4. The van der Waals surface area contributed by atoms with Crippen LogP contribution in [0.3, 0.4) is 0 Å². The molecule has 0 heterocycles. The third-order valence-corrected chi connectivity index (χ3v) is 12.8. The first kappa shape index (κ1) is 57.1. The number of unbranched alkanes of at least 4 members (excludes halogenated alkanes) is 41. The van der Waals surface area contributed by atoms with Crippen LogP contribution in [-0.4, -0.2) is 34.9 Å². The number of aliphatic hydroxyl groups excluding tert-OH is 2. The van der Waals surface area contributed by atoms with Crippen LogP contribution in [0.4, 0.5) is 0 Å². The van der Waals surface area contributed by atoms with E-state index in [4.69, 9.17) is 0 Å². The first-order valence-electron chi connectivity index (χ1n) is 26.9. The van der Waals surface area contributed by atoms with Crippen LogP contribution >= 0.6 is 0 Å². The summed E-state index contributed by atoms with van der Waals surface area (Å²) in [5, 5.41) is 23.2. The lowest BCUT2D eigenvalue weighted by molar-refractivity contribution is -0.123. The smallest absolute Gasteiger partial charge is 0.220 e. The zero-order chi connectivity index (χ0) is 42.1. The van der Waals surface area contributed by atoms with E-state index in [1.54, 1.807) is 0 Å². The summed E-state index contributed by atoms with van der Waals surface area (Å²) < 4.78 is 0. The van der Waals surface area contributed by atoms with Crippen LogP contribution in [0.2, 0.25) is 0 Å². The quantitative estimate of drug-likeness (QED) is 0.0423. The minimum Gasteiger partial charge on any atom is -0.394 e. The summed E-state index contributed by atoms with van der Waals surface area (Å²) in [6.07, 6.45) is 64.9. The highest BCUT2D eigenvalue weighted by Crippen LogP contribution is 2.17. The average molecular weight is 818 g/mol. The fraction of sp³-hybridized carbons (Fsp3) is 0.944. The molecule has 0 rings (SSSR count). The number of carbonyl (C=O) groups excluding carboxylic acids is 1. The second kappa shape index (κ2) is 50.5. The molecule has 346 valence electrons. The van der Waals surface area contributed by atoms with E-state index in [0.29, 0.717) is 12.8 Å². The van der Waals surface area contributed by atoms with Gasteiger partial charge in [0, 0.05) is 6.42 Å². The summed E-state index contributed by atoms with van der Waals surface area (Å²) in [7, 11) is 0. The molecule has 0 saturated carbocycles. The number of allylic oxidation sites excluding steroid dienone is 2. The van der Waals surface area contributed by atoms with Gasteiger partial charge in [-0.3, -0.25) is 4.79 Å². The Bertz CT molecular complexity index is 799. The average Bonchev–Trinajstić information content (AvgIpc) is 3.23. The lowest BCUT2D eigenvalue weighted by Crippen LogP contribution is -2.45. The number of rotatable bonds is 50. The van der Waals surface area contributed by atoms with Gasteiger partial charge in [0.05, 0.1) is 18.8 Å². The Hall–Kier alpha value is -0.870. The molecular weight excluding hydrogens is 711 g/mol. The van der Waals surface area contributed by atoms with Crippen molar-refractivity contribution in [3.63, 3.8) is 0 Å². The summed E-state index contributed by atoms with van der Waals surface area (Å²) in [5.41, 5.74) is 0. The second-order valence-corrected chi connectivity index (χ2v) is 18.7. The first-order valence-corrected chi connectivity index (χ1v) is 26.9. The lowest BCUT2D eigenvalue weighted by atomic mass is 10.0. The normalized spacial score (nSPS) is 12.8. The molecule has 0 aromatic heterocycles. The van der Waals surface area contributed by atoms with Crippen molar-refractivity contribution in [1.82, 2.24) is 5.32 Å². The van der Waals surface area contributed by atoms with Crippen LogP contribution in [0, 0.1) is 0 Å². The molecule has 0 spiro atoms. The van der Waals surface area contributed by atoms with Crippen molar-refractivity contribution in [2.75, 3.05) is 6.61 Å². The molecule has 0 radical (unpaired) electrons. The standard InChI is InChI=1S/C54H107NO3/c1-3-5-7-9-11-13-15-16-17-18-19-20-21-22-23-24-25-26-27-28-29-30-31-32-33-34-35-36-37-38-40-42-44-46-48-50-54(58)55-52(51-56)53(57)49-47-45-43-41-39-14-12-10-8-6-4-2/h18-19,52-53,56-57H,3-17,20-51H2,1-2H3,(H,55,58)/b19-18-. The van der Waals surface area contributed by atoms with Gasteiger partial charge in [-0.15, -0.1) is 0 Å². The number of hydrogen-bond donors (Lipinski definition) is 3. The molecule has 0 bridgehead atoms. The molecule has 2 atom stereocenters. The van der Waals surface area contributed by atoms with Gasteiger partial charge in [0.15, 0.2) is 0 Å². The van der Waals surface area contributed by atoms with E-state index in [2.05, 4.69) is 31.3 Å². The van der Waals surface area contributed by atoms with Crippen molar-refractivity contribution in [2.24, 2.45) is 0 Å². The monoisotopic (exact) mass is 818 g/mol. The number of nitrogens with one attached hydrogen (secondary N) is 1. The largest absolute Gasteiger partial charge is 0.394 e. The zero-order valence-electron chi connectivity index (χ0n) is 39.8. The SMILES string of the molecule is CCCCCCCCCC/C=C\CCCCCCCCCCCCCCCCCCCCCCCCCC(=O)NC(CO)C(O)CCCCCCCCCCCCC. The Balaban J connectivity index is 3.34. The number of carbonyl (C=O) groups is 1. The Morgan fingerprint density at radius 3 is 0.948 bits per heavy atom. The fourth-order valence-electron chi connectivity index (χ4n) is 8.65. The molecule has 4 nitrogen and oxygen atoms in total. The Morgan fingerprint density at radius 2 is 0.655 bits per heavy atom. The van der Waals surface area contributed by atoms with Gasteiger partial charge in [0.2, 0.25) is 5.91 Å². The zero-order valence-corrected chi connectivity index (χ0v) is 39.8. The second-order valence-electron chi connectivity index (χ2n) is 18.7. The molecule has 0 aromatic carbocycles. The molecule has 0 saturated heterocycles. The van der Waals surface area contributed by atoms with Crippen molar-refractivity contribution >= 4 is 5.91 Å². The minimum absolute atomic E-state index is 0.0263. The van der Waals surface area contributed by atoms with Crippen LogP contribution < -0.4 is 5.32 Å². The fourth-order valence-corrected chi connectivity index (χ4v) is 8.65. The van der Waals surface area contributed by atoms with Crippen LogP contribution in [0.15, 0.2) is 12.2 Å². The predicted molar refractivity (Wildman–Crippen MR) is 258 cm³/mol. The topological polar surface area (TPSA) is 69.6 Å². The summed E-state index contributed by atoms with van der Waals surface area (Å²) in [6, 6.07) is -0.530. The van der Waals surface area contributed by atoms with Crippen molar-refractivity contribution in [3.05, 3.63) is 12.2 Å². The third kappa shape index (κ3) is 46.2. The van der Waals surface area contributed by atoms with Crippen molar-refractivity contribution in [3.8, 4) is 0 Å². The molecule has 2 unspecified atom stereocenters. The van der Waals surface area contributed by atoms with Crippen LogP contribution in [0.1, 0.15) is 309 Å². The predicted octanol–water partition coefficient (Wildman–Crippen LogP) is 17.4. The third-order valence-electron chi connectivity index (χ3n) is 12.8. The number of aliphatic hydroxyl groups is 2. The van der Waals surface area contributed by atoms with Gasteiger partial charge < -0.3 is 15.5 Å². The van der Waals surface area contributed by atoms with E-state index in [-0.39, 0.29) is 12.5 Å². The van der Waals surface area contributed by atoms with Crippen molar-refractivity contribution < 1.29 is 15.0 Å². The number of hydrogen-bond acceptors (Lipinski definition) is 3. The molecule has 58 heavy (non-hydrogen) atoms. The van der Waals surface area contributed by atoms with Crippen LogP contribution in [0.5, 0.6) is 0 Å². The van der Waals surface area contributed by atoms with Crippen molar-refractivity contribution in [1.29, 1.82) is 0 Å². The summed E-state index contributed by atoms with van der Waals surface area (Å²) in [6.45, 7) is 4.37. The summed E-state index contributed by atoms with van der Waals surface area (Å²) in [5.74, 6) is -0.0263. The molecule has 0 aliphatic heterocycles. The van der Waals surface area contributed by atoms with Gasteiger partial charge >= 0.3 is 0 Å². The molecular formula is C54H107NO3. The lowest BCUT2D eigenvalue weighted by Gasteiger charge is -2.22. The van der Waals surface area contributed by atoms with Gasteiger partial charge in [-0.05, 0) is 38.5 Å². The van der Waals surface area contributed by atoms with Crippen molar-refractivity contribution in [2.45, 2.75) is 321 Å². The Morgan fingerprint density at radius 1 is 0.397 bits per heavy atom. The van der Waals surface area contributed by atoms with E-state index in [1.165, 1.54) is 257 Å². The molecule has 3 N–H and O–H groups in total. The van der Waals surface area contributed by atoms with E-state index >= 15 is 0 Å². The highest BCUT2D eigenvalue weighted by Gasteiger charge is 2.20. The molecule has 0 fully saturated rings. The maximum atomic E-state index is 12.4. The highest BCUT2D eigenvalue weighted by molar-refractivity contribution is 5.76. The van der Waals surface area contributed by atoms with Gasteiger partial charge in [-0.25, -0.2) is 0 Å². The van der Waals surface area contributed by atoms with Gasteiger partial charge in [0.25, 0.3) is 0 Å². The van der Waals surface area contributed by atoms with E-state index in [9.17, 15) is 15.0 Å². The van der Waals surface area contributed by atoms with Gasteiger partial charge in [-0.2, -0.15) is 0 Å². The highest BCUT2D eigenvalue weighted by atomic mass is 16.3. The first-order chi connectivity index (χ1) is 28.7. The van der Waals surface area contributed by atoms with Gasteiger partial charge in [0.1, 0.15) is 0 Å². The van der Waals surface area contributed by atoms with Crippen LogP contribution in [-0.2, 0) is 4.79 Å². The Labute approximate surface area is 365 Å². The molecule has 0 aliphatic carbocycles. The van der Waals surface area contributed by atoms with E-state index < -0.39 is 12.1 Å². The molecule has 0 aromatic rings. The van der Waals surface area contributed by atoms with Gasteiger partial charge in [-0.1, -0.05) is 276 Å². The molecule has 4 heteroatoms. The number of amides is 1. The molecule has 0 aliphatic rings. The summed E-state index contributed by atoms with van der Waals surface area (Å²) >= 11 is 0. The minimum atomic E-state index is -0.653. The molecule has 1 amide bonds. The van der Waals surface area contributed by atoms with Crippen LogP contribution in [0.25, 0.3) is 0 Å². The van der Waals surface area contributed by atoms with E-state index in [0.717, 1.165) is 25.7 Å². The van der Waals surface area contributed by atoms with E-state index in [1.807, 2.05) is 0 Å². The maximum Gasteiger partial charge on any atom is 0.220 e. The Kier molecular flexibility index (Phi) is 49.7. The summed E-state index contributed by atoms with van der Waals surface area (Å²) in [4.78, 5) is 12.4.